The lowest BCUT2D eigenvalue weighted by Crippen LogP contribution is -2.34. The number of amides is 2. The van der Waals surface area contributed by atoms with Crippen LogP contribution in [0.15, 0.2) is 36.9 Å². The van der Waals surface area contributed by atoms with Crippen LogP contribution in [0.2, 0.25) is 0 Å². The molecule has 1 saturated heterocycles. The fourth-order valence-corrected chi connectivity index (χ4v) is 3.16. The fourth-order valence-electron chi connectivity index (χ4n) is 3.16. The number of aromatic nitrogens is 3. The molecule has 0 spiro atoms. The average Bonchev–Trinajstić information content (AvgIpc) is 3.17. The molecule has 2 amide bonds. The van der Waals surface area contributed by atoms with Gasteiger partial charge in [-0.25, -0.2) is 4.79 Å². The van der Waals surface area contributed by atoms with E-state index in [4.69, 9.17) is 0 Å². The predicted molar refractivity (Wildman–Crippen MR) is 92.5 cm³/mol. The second kappa shape index (κ2) is 7.44. The number of urea groups is 1. The summed E-state index contributed by atoms with van der Waals surface area (Å²) in [6, 6.07) is 4.01. The van der Waals surface area contributed by atoms with Gasteiger partial charge >= 0.3 is 6.03 Å². The summed E-state index contributed by atoms with van der Waals surface area (Å²) in [5.41, 5.74) is 1.95. The molecule has 1 aliphatic heterocycles. The van der Waals surface area contributed by atoms with E-state index >= 15 is 0 Å². The summed E-state index contributed by atoms with van der Waals surface area (Å²) in [6.45, 7) is 3.46. The highest BCUT2D eigenvalue weighted by Gasteiger charge is 2.27. The van der Waals surface area contributed by atoms with E-state index in [1.807, 2.05) is 24.2 Å². The van der Waals surface area contributed by atoms with E-state index in [1.54, 1.807) is 23.3 Å². The Morgan fingerprint density at radius 2 is 2.33 bits per heavy atom. The van der Waals surface area contributed by atoms with Gasteiger partial charge in [-0.2, -0.15) is 5.10 Å². The second-order valence-electron chi connectivity index (χ2n) is 6.49. The molecule has 1 atom stereocenters. The van der Waals surface area contributed by atoms with Gasteiger partial charge in [0.2, 0.25) is 0 Å². The number of nitrogens with zero attached hydrogens (tertiary/aromatic N) is 5. The van der Waals surface area contributed by atoms with Crippen LogP contribution in [0.25, 0.3) is 0 Å². The lowest BCUT2D eigenvalue weighted by Gasteiger charge is -2.21. The van der Waals surface area contributed by atoms with Gasteiger partial charge in [0.1, 0.15) is 0 Å². The number of pyridine rings is 1. The molecular weight excluding hydrogens is 304 g/mol. The fraction of sp³-hybridized carbons (Fsp3) is 0.471. The van der Waals surface area contributed by atoms with E-state index in [0.717, 1.165) is 38.3 Å². The molecule has 24 heavy (non-hydrogen) atoms. The van der Waals surface area contributed by atoms with Crippen molar-refractivity contribution in [2.24, 2.45) is 13.0 Å². The summed E-state index contributed by atoms with van der Waals surface area (Å²) in [4.78, 5) is 20.6. The highest BCUT2D eigenvalue weighted by atomic mass is 16.2. The summed E-state index contributed by atoms with van der Waals surface area (Å²) in [7, 11) is 3.95. The molecule has 0 unspecified atom stereocenters. The van der Waals surface area contributed by atoms with Gasteiger partial charge < -0.3 is 15.1 Å². The molecule has 2 aromatic heterocycles. The monoisotopic (exact) mass is 328 g/mol. The van der Waals surface area contributed by atoms with Gasteiger partial charge in [0, 0.05) is 51.8 Å². The van der Waals surface area contributed by atoms with Crippen molar-refractivity contribution in [3.8, 4) is 0 Å². The van der Waals surface area contributed by atoms with Gasteiger partial charge in [-0.15, -0.1) is 0 Å². The molecule has 0 bridgehead atoms. The molecule has 1 fully saturated rings. The number of carbonyl (C=O) groups is 1. The first-order valence-corrected chi connectivity index (χ1v) is 8.22. The summed E-state index contributed by atoms with van der Waals surface area (Å²) in [5.74, 6) is 0.506. The van der Waals surface area contributed by atoms with Crippen molar-refractivity contribution in [2.75, 3.05) is 32.0 Å². The lowest BCUT2D eigenvalue weighted by molar-refractivity contribution is 0.216. The third-order valence-electron chi connectivity index (χ3n) is 4.27. The van der Waals surface area contributed by atoms with Crippen molar-refractivity contribution in [1.29, 1.82) is 0 Å². The minimum Gasteiger partial charge on any atom is -0.324 e. The Kier molecular flexibility index (Phi) is 5.10. The molecule has 0 saturated carbocycles. The maximum atomic E-state index is 12.3. The smallest absolute Gasteiger partial charge is 0.321 e. The van der Waals surface area contributed by atoms with Crippen LogP contribution in [0.3, 0.4) is 0 Å². The lowest BCUT2D eigenvalue weighted by atomic mass is 10.1. The number of rotatable bonds is 5. The normalized spacial score (nSPS) is 17.5. The zero-order valence-electron chi connectivity index (χ0n) is 14.2. The number of hydrogen-bond donors (Lipinski definition) is 1. The molecule has 3 rings (SSSR count). The van der Waals surface area contributed by atoms with Crippen molar-refractivity contribution in [3.05, 3.63) is 42.5 Å². The Balaban J connectivity index is 1.45. The zero-order chi connectivity index (χ0) is 16.9. The van der Waals surface area contributed by atoms with Crippen LogP contribution in [0.4, 0.5) is 10.5 Å². The Hall–Kier alpha value is -2.41. The van der Waals surface area contributed by atoms with Gasteiger partial charge in [-0.3, -0.25) is 9.67 Å². The molecule has 128 valence electrons. The molecule has 2 aromatic rings. The first-order chi connectivity index (χ1) is 11.6. The van der Waals surface area contributed by atoms with E-state index in [2.05, 4.69) is 33.4 Å². The van der Waals surface area contributed by atoms with E-state index < -0.39 is 0 Å². The van der Waals surface area contributed by atoms with E-state index in [0.29, 0.717) is 5.92 Å². The van der Waals surface area contributed by atoms with Crippen LogP contribution in [-0.2, 0) is 13.6 Å². The van der Waals surface area contributed by atoms with Crippen LogP contribution in [0.5, 0.6) is 0 Å². The van der Waals surface area contributed by atoms with Gasteiger partial charge in [-0.1, -0.05) is 6.07 Å². The number of likely N-dealkylation sites (tertiary alicyclic amines) is 1. The van der Waals surface area contributed by atoms with Crippen molar-refractivity contribution >= 4 is 11.7 Å². The molecule has 1 N–H and O–H groups in total. The maximum absolute atomic E-state index is 12.3. The number of hydrogen-bond acceptors (Lipinski definition) is 4. The molecule has 1 aliphatic rings. The average molecular weight is 328 g/mol. The van der Waals surface area contributed by atoms with Crippen molar-refractivity contribution in [1.82, 2.24) is 24.6 Å². The molecule has 0 radical (unpaired) electrons. The Morgan fingerprint density at radius 3 is 3.04 bits per heavy atom. The number of anilines is 1. The zero-order valence-corrected chi connectivity index (χ0v) is 14.2. The molecular formula is C17H24N6O. The van der Waals surface area contributed by atoms with E-state index in [-0.39, 0.29) is 6.03 Å². The molecule has 7 nitrogen and oxygen atoms in total. The summed E-state index contributed by atoms with van der Waals surface area (Å²) >= 11 is 0. The Labute approximate surface area is 142 Å². The van der Waals surface area contributed by atoms with Crippen LogP contribution in [-0.4, -0.2) is 57.3 Å². The summed E-state index contributed by atoms with van der Waals surface area (Å²) in [6.07, 6.45) is 8.19. The van der Waals surface area contributed by atoms with Crippen LogP contribution >= 0.6 is 0 Å². The first-order valence-electron chi connectivity index (χ1n) is 8.22. The second-order valence-corrected chi connectivity index (χ2v) is 6.49. The maximum Gasteiger partial charge on any atom is 0.321 e. The van der Waals surface area contributed by atoms with Gasteiger partial charge in [0.05, 0.1) is 11.9 Å². The standard InChI is InChI=1S/C17H24N6O/c1-21(10-14-4-3-6-18-8-14)11-15-5-7-23(12-15)17(24)20-16-9-19-22(2)13-16/h3-4,6,8-9,13,15H,5,7,10-12H2,1-2H3,(H,20,24)/t15-/m1/s1. The minimum absolute atomic E-state index is 0.0413. The predicted octanol–water partition coefficient (Wildman–Crippen LogP) is 1.80. The highest BCUT2D eigenvalue weighted by Crippen LogP contribution is 2.19. The van der Waals surface area contributed by atoms with Crippen molar-refractivity contribution in [3.63, 3.8) is 0 Å². The van der Waals surface area contributed by atoms with Crippen LogP contribution in [0, 0.1) is 5.92 Å². The number of carbonyl (C=O) groups excluding carboxylic acids is 1. The minimum atomic E-state index is -0.0413. The SMILES string of the molecule is CN(Cc1cccnc1)C[C@H]1CCN(C(=O)Nc2cnn(C)c2)C1. The third kappa shape index (κ3) is 4.32. The van der Waals surface area contributed by atoms with Crippen molar-refractivity contribution < 1.29 is 4.79 Å². The van der Waals surface area contributed by atoms with Gasteiger partial charge in [-0.05, 0) is 31.0 Å². The van der Waals surface area contributed by atoms with Crippen molar-refractivity contribution in [2.45, 2.75) is 13.0 Å². The number of nitrogens with one attached hydrogen (secondary N) is 1. The molecule has 7 heteroatoms. The summed E-state index contributed by atoms with van der Waals surface area (Å²) in [5, 5.41) is 6.96. The summed E-state index contributed by atoms with van der Waals surface area (Å²) < 4.78 is 1.68. The topological polar surface area (TPSA) is 66.3 Å². The molecule has 3 heterocycles. The molecule has 0 aliphatic carbocycles. The quantitative estimate of drug-likeness (QED) is 0.909. The van der Waals surface area contributed by atoms with Gasteiger partial charge in [0.25, 0.3) is 0 Å². The van der Waals surface area contributed by atoms with Gasteiger partial charge in [0.15, 0.2) is 0 Å². The number of aryl methyl sites for hydroxylation is 1. The largest absolute Gasteiger partial charge is 0.324 e. The van der Waals surface area contributed by atoms with E-state index in [1.165, 1.54) is 5.56 Å². The Bertz CT molecular complexity index is 671. The molecule has 0 aromatic carbocycles. The van der Waals surface area contributed by atoms with Crippen LogP contribution < -0.4 is 5.32 Å². The van der Waals surface area contributed by atoms with E-state index in [9.17, 15) is 4.79 Å². The third-order valence-corrected chi connectivity index (χ3v) is 4.27. The first kappa shape index (κ1) is 16.4. The van der Waals surface area contributed by atoms with Crippen LogP contribution in [0.1, 0.15) is 12.0 Å². The Morgan fingerprint density at radius 1 is 1.46 bits per heavy atom. The highest BCUT2D eigenvalue weighted by molar-refractivity contribution is 5.89.